The van der Waals surface area contributed by atoms with E-state index in [0.29, 0.717) is 18.4 Å². The van der Waals surface area contributed by atoms with E-state index in [4.69, 9.17) is 4.74 Å². The molecule has 1 heterocycles. The van der Waals surface area contributed by atoms with Crippen LogP contribution in [0.3, 0.4) is 0 Å². The highest BCUT2D eigenvalue weighted by molar-refractivity contribution is 5.97. The number of carbonyl (C=O) groups is 1. The van der Waals surface area contributed by atoms with Crippen molar-refractivity contribution >= 4 is 12.0 Å². The van der Waals surface area contributed by atoms with E-state index in [2.05, 4.69) is 0 Å². The van der Waals surface area contributed by atoms with Crippen molar-refractivity contribution in [1.29, 1.82) is 0 Å². The molecule has 1 aliphatic heterocycles. The SMILES string of the molecule is CC1CC(O)CC(O)CCC/C=C\c2cc(O)cc(O)c2C(=O)O1. The van der Waals surface area contributed by atoms with E-state index >= 15 is 0 Å². The van der Waals surface area contributed by atoms with Crippen LogP contribution in [-0.4, -0.2) is 44.7 Å². The van der Waals surface area contributed by atoms with Crippen LogP contribution in [0.5, 0.6) is 11.5 Å². The number of phenols is 2. The highest BCUT2D eigenvalue weighted by atomic mass is 16.5. The van der Waals surface area contributed by atoms with Crippen molar-refractivity contribution in [1.82, 2.24) is 0 Å². The van der Waals surface area contributed by atoms with Crippen molar-refractivity contribution < 1.29 is 30.0 Å². The van der Waals surface area contributed by atoms with E-state index < -0.39 is 24.3 Å². The normalized spacial score (nSPS) is 27.6. The molecule has 0 radical (unpaired) electrons. The van der Waals surface area contributed by atoms with Crippen LogP contribution in [0, 0.1) is 0 Å². The quantitative estimate of drug-likeness (QED) is 0.542. The number of fused-ring (bicyclic) bond motifs is 1. The highest BCUT2D eigenvalue weighted by Gasteiger charge is 2.23. The van der Waals surface area contributed by atoms with Crippen LogP contribution < -0.4 is 0 Å². The molecule has 0 amide bonds. The maximum atomic E-state index is 12.4. The molecule has 4 N–H and O–H groups in total. The van der Waals surface area contributed by atoms with Crippen molar-refractivity contribution in [3.63, 3.8) is 0 Å². The zero-order valence-electron chi connectivity index (χ0n) is 13.7. The fourth-order valence-electron chi connectivity index (χ4n) is 2.87. The molecule has 2 rings (SSSR count). The molecule has 0 saturated carbocycles. The minimum absolute atomic E-state index is 0.0116. The second-order valence-electron chi connectivity index (χ2n) is 6.26. The zero-order valence-corrected chi connectivity index (χ0v) is 13.7. The molecule has 0 fully saturated rings. The fourth-order valence-corrected chi connectivity index (χ4v) is 2.87. The number of benzene rings is 1. The molecule has 3 atom stereocenters. The Labute approximate surface area is 141 Å². The van der Waals surface area contributed by atoms with Crippen molar-refractivity contribution in [3.8, 4) is 11.5 Å². The molecular formula is C18H24O6. The second-order valence-corrected chi connectivity index (χ2v) is 6.26. The van der Waals surface area contributed by atoms with E-state index in [-0.39, 0.29) is 29.9 Å². The van der Waals surface area contributed by atoms with Crippen LogP contribution in [0.2, 0.25) is 0 Å². The summed E-state index contributed by atoms with van der Waals surface area (Å²) in [6, 6.07) is 2.47. The van der Waals surface area contributed by atoms with Crippen molar-refractivity contribution in [2.75, 3.05) is 0 Å². The number of carbonyl (C=O) groups excluding carboxylic acids is 1. The van der Waals surface area contributed by atoms with Gasteiger partial charge in [-0.05, 0) is 44.2 Å². The van der Waals surface area contributed by atoms with Gasteiger partial charge in [-0.3, -0.25) is 0 Å². The molecule has 0 bridgehead atoms. The van der Waals surface area contributed by atoms with Crippen molar-refractivity contribution in [3.05, 3.63) is 29.3 Å². The molecule has 6 nitrogen and oxygen atoms in total. The predicted octanol–water partition coefficient (Wildman–Crippen LogP) is 2.34. The lowest BCUT2D eigenvalue weighted by Crippen LogP contribution is -2.25. The summed E-state index contributed by atoms with van der Waals surface area (Å²) in [5.41, 5.74) is 0.352. The summed E-state index contributed by atoms with van der Waals surface area (Å²) in [4.78, 5) is 12.4. The zero-order chi connectivity index (χ0) is 17.7. The number of esters is 1. The first kappa shape index (κ1) is 18.3. The Hall–Kier alpha value is -2.05. The van der Waals surface area contributed by atoms with Crippen LogP contribution in [-0.2, 0) is 4.74 Å². The van der Waals surface area contributed by atoms with Gasteiger partial charge in [-0.25, -0.2) is 4.79 Å². The molecule has 132 valence electrons. The van der Waals surface area contributed by atoms with Crippen molar-refractivity contribution in [2.45, 2.75) is 57.3 Å². The molecule has 0 saturated heterocycles. The maximum absolute atomic E-state index is 12.4. The number of ether oxygens (including phenoxy) is 1. The Morgan fingerprint density at radius 1 is 1.12 bits per heavy atom. The first-order valence-corrected chi connectivity index (χ1v) is 8.16. The smallest absolute Gasteiger partial charge is 0.342 e. The number of hydrogen-bond acceptors (Lipinski definition) is 6. The molecular weight excluding hydrogens is 312 g/mol. The Bertz CT molecular complexity index is 610. The van der Waals surface area contributed by atoms with Crippen molar-refractivity contribution in [2.24, 2.45) is 0 Å². The summed E-state index contributed by atoms with van der Waals surface area (Å²) in [5.74, 6) is -1.22. The molecule has 6 heteroatoms. The lowest BCUT2D eigenvalue weighted by Gasteiger charge is -2.20. The van der Waals surface area contributed by atoms with Crippen LogP contribution >= 0.6 is 0 Å². The number of aliphatic hydroxyl groups is 2. The van der Waals surface area contributed by atoms with Gasteiger partial charge in [0.2, 0.25) is 0 Å². The lowest BCUT2D eigenvalue weighted by atomic mass is 10.0. The molecule has 24 heavy (non-hydrogen) atoms. The molecule has 0 aromatic heterocycles. The van der Waals surface area contributed by atoms with Gasteiger partial charge in [-0.1, -0.05) is 12.2 Å². The van der Waals surface area contributed by atoms with Crippen LogP contribution in [0.25, 0.3) is 6.08 Å². The Morgan fingerprint density at radius 3 is 2.62 bits per heavy atom. The van der Waals surface area contributed by atoms with E-state index in [1.54, 1.807) is 13.0 Å². The molecule has 0 spiro atoms. The summed E-state index contributed by atoms with van der Waals surface area (Å²) in [6.07, 6.45) is 3.90. The number of phenolic OH excluding ortho intramolecular Hbond substituents is 2. The Balaban J connectivity index is 2.32. The van der Waals surface area contributed by atoms with Gasteiger partial charge in [-0.15, -0.1) is 0 Å². The first-order chi connectivity index (χ1) is 11.4. The number of hydrogen-bond donors (Lipinski definition) is 4. The average Bonchev–Trinajstić information content (AvgIpc) is 2.44. The third-order valence-electron chi connectivity index (χ3n) is 4.00. The first-order valence-electron chi connectivity index (χ1n) is 8.16. The van der Waals surface area contributed by atoms with Gasteiger partial charge >= 0.3 is 5.97 Å². The monoisotopic (exact) mass is 336 g/mol. The van der Waals surface area contributed by atoms with Crippen LogP contribution in [0.15, 0.2) is 18.2 Å². The third kappa shape index (κ3) is 4.97. The summed E-state index contributed by atoms with van der Waals surface area (Å²) >= 11 is 0. The van der Waals surface area contributed by atoms with Gasteiger partial charge in [0.15, 0.2) is 0 Å². The van der Waals surface area contributed by atoms with Gasteiger partial charge in [0.1, 0.15) is 23.2 Å². The second kappa shape index (κ2) is 8.17. The molecule has 3 unspecified atom stereocenters. The minimum Gasteiger partial charge on any atom is -0.508 e. The number of allylic oxidation sites excluding steroid dienone is 1. The van der Waals surface area contributed by atoms with E-state index in [1.807, 2.05) is 6.08 Å². The highest BCUT2D eigenvalue weighted by Crippen LogP contribution is 2.30. The molecule has 1 aliphatic rings. The lowest BCUT2D eigenvalue weighted by molar-refractivity contribution is 0.00987. The van der Waals surface area contributed by atoms with E-state index in [0.717, 1.165) is 12.5 Å². The van der Waals surface area contributed by atoms with E-state index in [1.165, 1.54) is 6.07 Å². The number of aromatic hydroxyl groups is 2. The maximum Gasteiger partial charge on any atom is 0.342 e. The predicted molar refractivity (Wildman–Crippen MR) is 88.8 cm³/mol. The van der Waals surface area contributed by atoms with Crippen LogP contribution in [0.4, 0.5) is 0 Å². The number of cyclic esters (lactones) is 1. The summed E-state index contributed by atoms with van der Waals surface area (Å²) in [6.45, 7) is 1.65. The van der Waals surface area contributed by atoms with Gasteiger partial charge in [-0.2, -0.15) is 0 Å². The largest absolute Gasteiger partial charge is 0.508 e. The summed E-state index contributed by atoms with van der Waals surface area (Å²) < 4.78 is 5.29. The molecule has 0 aliphatic carbocycles. The van der Waals surface area contributed by atoms with Crippen LogP contribution in [0.1, 0.15) is 54.9 Å². The molecule has 1 aromatic carbocycles. The summed E-state index contributed by atoms with van der Waals surface area (Å²) in [5, 5.41) is 39.5. The number of aliphatic hydroxyl groups excluding tert-OH is 2. The van der Waals surface area contributed by atoms with Gasteiger partial charge in [0.05, 0.1) is 12.2 Å². The standard InChI is InChI=1S/C18H24O6/c1-11-7-14(20)9-13(19)6-4-2-3-5-12-8-15(21)10-16(22)17(12)18(23)24-11/h3,5,8,10-11,13-14,19-22H,2,4,6-7,9H2,1H3/b5-3-. The fraction of sp³-hybridized carbons (Fsp3) is 0.500. The Kier molecular flexibility index (Phi) is 6.23. The average molecular weight is 336 g/mol. The minimum atomic E-state index is -0.769. The van der Waals surface area contributed by atoms with E-state index in [9.17, 15) is 25.2 Å². The van der Waals surface area contributed by atoms with Gasteiger partial charge in [0.25, 0.3) is 0 Å². The van der Waals surface area contributed by atoms with Gasteiger partial charge in [0, 0.05) is 12.5 Å². The third-order valence-corrected chi connectivity index (χ3v) is 4.00. The molecule has 1 aromatic rings. The van der Waals surface area contributed by atoms with Gasteiger partial charge < -0.3 is 25.2 Å². The topological polar surface area (TPSA) is 107 Å². The summed E-state index contributed by atoms with van der Waals surface area (Å²) in [7, 11) is 0. The number of rotatable bonds is 0. The Morgan fingerprint density at radius 2 is 1.88 bits per heavy atom.